The topological polar surface area (TPSA) is 41.1 Å². The van der Waals surface area contributed by atoms with Gasteiger partial charge >= 0.3 is 0 Å². The van der Waals surface area contributed by atoms with E-state index >= 15 is 0 Å². The molecular formula is C17H18N2O. The van der Waals surface area contributed by atoms with Crippen LogP contribution in [0.15, 0.2) is 42.5 Å². The highest BCUT2D eigenvalue weighted by molar-refractivity contribution is 5.90. The van der Waals surface area contributed by atoms with E-state index in [9.17, 15) is 4.79 Å². The molecule has 2 atom stereocenters. The van der Waals surface area contributed by atoms with E-state index in [1.54, 1.807) is 0 Å². The molecule has 3 heteroatoms. The molecule has 2 aromatic rings. The summed E-state index contributed by atoms with van der Waals surface area (Å²) in [5.74, 6) is 1.50. The summed E-state index contributed by atoms with van der Waals surface area (Å²) in [4.78, 5) is 12.2. The molecule has 0 radical (unpaired) electrons. The maximum absolute atomic E-state index is 12.2. The molecule has 1 saturated heterocycles. The van der Waals surface area contributed by atoms with Gasteiger partial charge in [0, 0.05) is 19.1 Å². The van der Waals surface area contributed by atoms with E-state index < -0.39 is 0 Å². The van der Waals surface area contributed by atoms with Gasteiger partial charge in [0.2, 0.25) is 5.91 Å². The van der Waals surface area contributed by atoms with E-state index in [1.807, 2.05) is 18.2 Å². The summed E-state index contributed by atoms with van der Waals surface area (Å²) in [6.07, 6.45) is 0.477. The molecule has 2 aromatic carbocycles. The van der Waals surface area contributed by atoms with Crippen LogP contribution < -0.4 is 10.6 Å². The first-order valence-corrected chi connectivity index (χ1v) is 7.29. The fourth-order valence-electron chi connectivity index (χ4n) is 3.49. The molecule has 1 heterocycles. The summed E-state index contributed by atoms with van der Waals surface area (Å²) in [5, 5.41) is 8.92. The summed E-state index contributed by atoms with van der Waals surface area (Å²) >= 11 is 0. The molecule has 2 unspecified atom stereocenters. The second-order valence-electron chi connectivity index (χ2n) is 5.89. The largest absolute Gasteiger partial charge is 0.352 e. The van der Waals surface area contributed by atoms with Gasteiger partial charge in [0.05, 0.1) is 6.42 Å². The third-order valence-corrected chi connectivity index (χ3v) is 4.65. The van der Waals surface area contributed by atoms with Gasteiger partial charge in [0.25, 0.3) is 0 Å². The van der Waals surface area contributed by atoms with Crippen LogP contribution in [-0.4, -0.2) is 25.0 Å². The van der Waals surface area contributed by atoms with Gasteiger partial charge in [-0.3, -0.25) is 4.79 Å². The van der Waals surface area contributed by atoms with Crippen molar-refractivity contribution in [1.82, 2.24) is 10.6 Å². The van der Waals surface area contributed by atoms with Crippen LogP contribution in [0.1, 0.15) is 5.56 Å². The standard InChI is InChI=1S/C17H18N2O/c20-16(19-17-14-9-18-10-15(14)17)8-12-6-3-5-11-4-1-2-7-13(11)12/h1-7,14-15,17-18H,8-10H2,(H,19,20). The van der Waals surface area contributed by atoms with Crippen LogP contribution in [0.2, 0.25) is 0 Å². The molecule has 2 N–H and O–H groups in total. The number of carbonyl (C=O) groups excluding carboxylic acids is 1. The number of piperidine rings is 1. The lowest BCUT2D eigenvalue weighted by molar-refractivity contribution is -0.120. The van der Waals surface area contributed by atoms with Gasteiger partial charge in [-0.15, -0.1) is 0 Å². The van der Waals surface area contributed by atoms with Crippen LogP contribution in [0, 0.1) is 11.8 Å². The van der Waals surface area contributed by atoms with Gasteiger partial charge in [0.1, 0.15) is 0 Å². The maximum Gasteiger partial charge on any atom is 0.224 e. The van der Waals surface area contributed by atoms with Crippen LogP contribution in [0.5, 0.6) is 0 Å². The van der Waals surface area contributed by atoms with Gasteiger partial charge in [-0.1, -0.05) is 42.5 Å². The second-order valence-corrected chi connectivity index (χ2v) is 5.89. The normalized spacial score (nSPS) is 27.3. The number of carbonyl (C=O) groups is 1. The molecule has 1 saturated carbocycles. The molecule has 1 amide bonds. The number of fused-ring (bicyclic) bond motifs is 2. The van der Waals surface area contributed by atoms with Gasteiger partial charge in [-0.05, 0) is 28.2 Å². The van der Waals surface area contributed by atoms with Crippen LogP contribution in [0.25, 0.3) is 10.8 Å². The Labute approximate surface area is 118 Å². The first-order valence-electron chi connectivity index (χ1n) is 7.29. The Kier molecular flexibility index (Phi) is 2.74. The molecule has 1 aliphatic heterocycles. The average Bonchev–Trinajstić information content (AvgIpc) is 2.90. The Balaban J connectivity index is 1.48. The minimum atomic E-state index is 0.153. The highest BCUT2D eigenvalue weighted by Gasteiger charge is 2.53. The lowest BCUT2D eigenvalue weighted by Gasteiger charge is -2.09. The van der Waals surface area contributed by atoms with Crippen molar-refractivity contribution in [2.24, 2.45) is 11.8 Å². The molecule has 0 aromatic heterocycles. The molecular weight excluding hydrogens is 248 g/mol. The molecule has 4 rings (SSSR count). The zero-order chi connectivity index (χ0) is 13.5. The van der Waals surface area contributed by atoms with Crippen LogP contribution in [-0.2, 0) is 11.2 Å². The molecule has 1 aliphatic carbocycles. The molecule has 3 nitrogen and oxygen atoms in total. The maximum atomic E-state index is 12.2. The van der Waals surface area contributed by atoms with Gasteiger partial charge in [-0.25, -0.2) is 0 Å². The lowest BCUT2D eigenvalue weighted by Crippen LogP contribution is -2.33. The van der Waals surface area contributed by atoms with Crippen LogP contribution in [0.4, 0.5) is 0 Å². The number of benzene rings is 2. The monoisotopic (exact) mass is 266 g/mol. The van der Waals surface area contributed by atoms with E-state index in [0.29, 0.717) is 24.3 Å². The molecule has 0 bridgehead atoms. The fraction of sp³-hybridized carbons (Fsp3) is 0.353. The molecule has 2 fully saturated rings. The Hall–Kier alpha value is -1.87. The SMILES string of the molecule is O=C(Cc1cccc2ccccc12)NC1C2CNCC21. The van der Waals surface area contributed by atoms with Crippen LogP contribution in [0.3, 0.4) is 0 Å². The number of hydrogen-bond acceptors (Lipinski definition) is 2. The Morgan fingerprint density at radius 2 is 1.85 bits per heavy atom. The second kappa shape index (κ2) is 4.60. The summed E-state index contributed by atoms with van der Waals surface area (Å²) < 4.78 is 0. The van der Waals surface area contributed by atoms with Gasteiger partial charge < -0.3 is 10.6 Å². The summed E-state index contributed by atoms with van der Waals surface area (Å²) in [7, 11) is 0. The number of rotatable bonds is 3. The highest BCUT2D eigenvalue weighted by atomic mass is 16.1. The molecule has 20 heavy (non-hydrogen) atoms. The quantitative estimate of drug-likeness (QED) is 0.888. The molecule has 2 aliphatic rings. The van der Waals surface area contributed by atoms with Crippen LogP contribution >= 0.6 is 0 Å². The van der Waals surface area contributed by atoms with Crippen molar-refractivity contribution in [1.29, 1.82) is 0 Å². The number of nitrogens with one attached hydrogen (secondary N) is 2. The Bertz CT molecular complexity index is 652. The summed E-state index contributed by atoms with van der Waals surface area (Å²) in [6, 6.07) is 14.8. The summed E-state index contributed by atoms with van der Waals surface area (Å²) in [5.41, 5.74) is 1.12. The van der Waals surface area contributed by atoms with E-state index in [0.717, 1.165) is 18.7 Å². The van der Waals surface area contributed by atoms with Gasteiger partial charge in [0.15, 0.2) is 0 Å². The van der Waals surface area contributed by atoms with Crippen molar-refractivity contribution in [2.45, 2.75) is 12.5 Å². The number of amides is 1. The first-order chi connectivity index (χ1) is 9.83. The third-order valence-electron chi connectivity index (χ3n) is 4.65. The Morgan fingerprint density at radius 1 is 1.10 bits per heavy atom. The fourth-order valence-corrected chi connectivity index (χ4v) is 3.49. The van der Waals surface area contributed by atoms with E-state index in [-0.39, 0.29) is 5.91 Å². The van der Waals surface area contributed by atoms with E-state index in [2.05, 4.69) is 34.9 Å². The summed E-state index contributed by atoms with van der Waals surface area (Å²) in [6.45, 7) is 2.12. The van der Waals surface area contributed by atoms with Crippen molar-refractivity contribution in [3.8, 4) is 0 Å². The predicted molar refractivity (Wildman–Crippen MR) is 79.4 cm³/mol. The highest BCUT2D eigenvalue weighted by Crippen LogP contribution is 2.41. The van der Waals surface area contributed by atoms with Crippen molar-refractivity contribution < 1.29 is 4.79 Å². The lowest BCUT2D eigenvalue weighted by atomic mass is 10.0. The smallest absolute Gasteiger partial charge is 0.224 e. The first kappa shape index (κ1) is 11.9. The van der Waals surface area contributed by atoms with Crippen molar-refractivity contribution in [2.75, 3.05) is 13.1 Å². The molecule has 102 valence electrons. The predicted octanol–water partition coefficient (Wildman–Crippen LogP) is 1.72. The zero-order valence-corrected chi connectivity index (χ0v) is 11.3. The number of hydrogen-bond donors (Lipinski definition) is 2. The molecule has 0 spiro atoms. The van der Waals surface area contributed by atoms with E-state index in [4.69, 9.17) is 0 Å². The van der Waals surface area contributed by atoms with E-state index in [1.165, 1.54) is 10.8 Å². The third kappa shape index (κ3) is 1.98. The minimum Gasteiger partial charge on any atom is -0.352 e. The van der Waals surface area contributed by atoms with Gasteiger partial charge in [-0.2, -0.15) is 0 Å². The Morgan fingerprint density at radius 3 is 2.70 bits per heavy atom. The average molecular weight is 266 g/mol. The zero-order valence-electron chi connectivity index (χ0n) is 11.3. The van der Waals surface area contributed by atoms with Crippen molar-refractivity contribution in [3.63, 3.8) is 0 Å². The minimum absolute atomic E-state index is 0.153. The van der Waals surface area contributed by atoms with Crippen molar-refractivity contribution >= 4 is 16.7 Å². The van der Waals surface area contributed by atoms with Crippen molar-refractivity contribution in [3.05, 3.63) is 48.0 Å².